The number of carbonyl (C=O) groups excluding carboxylic acids is 1. The van der Waals surface area contributed by atoms with Gasteiger partial charge in [0.25, 0.3) is 5.91 Å². The fourth-order valence-electron chi connectivity index (χ4n) is 2.42. The quantitative estimate of drug-likeness (QED) is 0.619. The van der Waals surface area contributed by atoms with Gasteiger partial charge in [-0.15, -0.1) is 0 Å². The zero-order chi connectivity index (χ0) is 18.9. The van der Waals surface area contributed by atoms with Crippen LogP contribution >= 0.6 is 23.2 Å². The monoisotopic (exact) mass is 398 g/mol. The third-order valence-electron chi connectivity index (χ3n) is 3.97. The van der Waals surface area contributed by atoms with Gasteiger partial charge in [-0.1, -0.05) is 43.1 Å². The van der Waals surface area contributed by atoms with Crippen LogP contribution in [0.25, 0.3) is 0 Å². The van der Waals surface area contributed by atoms with E-state index < -0.39 is 0 Å². The summed E-state index contributed by atoms with van der Waals surface area (Å²) in [6.07, 6.45) is 2.59. The maximum absolute atomic E-state index is 12.1. The first-order chi connectivity index (χ1) is 12.5. The molecule has 0 fully saturated rings. The predicted molar refractivity (Wildman–Crippen MR) is 104 cm³/mol. The molecule has 0 unspecified atom stereocenters. The summed E-state index contributed by atoms with van der Waals surface area (Å²) in [6.45, 7) is 8.03. The summed E-state index contributed by atoms with van der Waals surface area (Å²) in [7, 11) is 0. The molecular weight excluding hydrogens is 375 g/mol. The average Bonchev–Trinajstić information content (AvgIpc) is 3.12. The van der Waals surface area contributed by atoms with Crippen molar-refractivity contribution in [1.29, 1.82) is 0 Å². The highest BCUT2D eigenvalue weighted by Gasteiger charge is 2.10. The number of hydrogen-bond acceptors (Lipinski definition) is 4. The van der Waals surface area contributed by atoms with E-state index >= 15 is 0 Å². The molecular formula is C18H24Cl2N4O2. The van der Waals surface area contributed by atoms with Gasteiger partial charge in [0.05, 0.1) is 5.02 Å². The van der Waals surface area contributed by atoms with Gasteiger partial charge >= 0.3 is 0 Å². The predicted octanol–water partition coefficient (Wildman–Crippen LogP) is 3.69. The van der Waals surface area contributed by atoms with E-state index in [1.165, 1.54) is 4.68 Å². The molecule has 0 aliphatic carbocycles. The summed E-state index contributed by atoms with van der Waals surface area (Å²) in [5.74, 6) is 0.279. The largest absolute Gasteiger partial charge is 0.470 e. The number of rotatable bonds is 10. The molecule has 8 heteroatoms. The minimum Gasteiger partial charge on any atom is -0.470 e. The first kappa shape index (κ1) is 20.6. The van der Waals surface area contributed by atoms with Crippen molar-refractivity contribution in [3.63, 3.8) is 0 Å². The highest BCUT2D eigenvalue weighted by atomic mass is 35.5. The fourth-order valence-corrected chi connectivity index (χ4v) is 2.77. The average molecular weight is 399 g/mol. The Labute approximate surface area is 164 Å². The molecule has 2 aromatic rings. The molecule has 1 amide bonds. The lowest BCUT2D eigenvalue weighted by Crippen LogP contribution is -2.30. The van der Waals surface area contributed by atoms with Crippen LogP contribution in [0.4, 0.5) is 0 Å². The number of benzene rings is 1. The Morgan fingerprint density at radius 2 is 2.04 bits per heavy atom. The maximum Gasteiger partial charge on any atom is 0.271 e. The SMILES string of the molecule is CCN(CC)CCCNC(=O)c1ccn(COc2cccc(Cl)c2Cl)n1. The van der Waals surface area contributed by atoms with Crippen molar-refractivity contribution in [3.8, 4) is 5.75 Å². The third kappa shape index (κ3) is 5.90. The van der Waals surface area contributed by atoms with E-state index in [1.54, 1.807) is 30.5 Å². The van der Waals surface area contributed by atoms with Gasteiger partial charge in [0.2, 0.25) is 0 Å². The molecule has 0 saturated heterocycles. The van der Waals surface area contributed by atoms with Crippen molar-refractivity contribution in [3.05, 3.63) is 46.2 Å². The zero-order valence-electron chi connectivity index (χ0n) is 15.0. The summed E-state index contributed by atoms with van der Waals surface area (Å²) >= 11 is 12.0. The third-order valence-corrected chi connectivity index (χ3v) is 4.77. The topological polar surface area (TPSA) is 59.4 Å². The zero-order valence-corrected chi connectivity index (χ0v) is 16.6. The van der Waals surface area contributed by atoms with Gasteiger partial charge in [-0.3, -0.25) is 4.79 Å². The van der Waals surface area contributed by atoms with Gasteiger partial charge in [-0.05, 0) is 44.3 Å². The van der Waals surface area contributed by atoms with Crippen molar-refractivity contribution in [1.82, 2.24) is 20.0 Å². The van der Waals surface area contributed by atoms with E-state index in [9.17, 15) is 4.79 Å². The van der Waals surface area contributed by atoms with Crippen LogP contribution in [0.5, 0.6) is 5.75 Å². The standard InChI is InChI=1S/C18H24Cl2N4O2/c1-3-23(4-2)11-6-10-21-18(25)15-9-12-24(22-15)13-26-16-8-5-7-14(19)17(16)20/h5,7-9,12H,3-4,6,10-11,13H2,1-2H3,(H,21,25). The van der Waals surface area contributed by atoms with Gasteiger partial charge in [0.15, 0.2) is 6.73 Å². The van der Waals surface area contributed by atoms with E-state index in [1.807, 2.05) is 0 Å². The summed E-state index contributed by atoms with van der Waals surface area (Å²) in [4.78, 5) is 14.5. The lowest BCUT2D eigenvalue weighted by atomic mass is 10.3. The van der Waals surface area contributed by atoms with E-state index in [-0.39, 0.29) is 12.6 Å². The Hall–Kier alpha value is -1.76. The molecule has 1 aromatic carbocycles. The number of carbonyl (C=O) groups is 1. The number of nitrogens with zero attached hydrogens (tertiary/aromatic N) is 3. The van der Waals surface area contributed by atoms with Crippen LogP contribution in [0.15, 0.2) is 30.5 Å². The van der Waals surface area contributed by atoms with E-state index in [0.29, 0.717) is 28.0 Å². The molecule has 0 saturated carbocycles. The Bertz CT molecular complexity index is 717. The Morgan fingerprint density at radius 3 is 2.77 bits per heavy atom. The lowest BCUT2D eigenvalue weighted by Gasteiger charge is -2.17. The number of nitrogens with one attached hydrogen (secondary N) is 1. The van der Waals surface area contributed by atoms with Gasteiger partial charge in [-0.2, -0.15) is 5.10 Å². The van der Waals surface area contributed by atoms with E-state index in [0.717, 1.165) is 26.1 Å². The molecule has 6 nitrogen and oxygen atoms in total. The van der Waals surface area contributed by atoms with Gasteiger partial charge in [0, 0.05) is 12.7 Å². The smallest absolute Gasteiger partial charge is 0.271 e. The molecule has 0 aliphatic heterocycles. The summed E-state index contributed by atoms with van der Waals surface area (Å²) < 4.78 is 7.12. The second-order valence-electron chi connectivity index (χ2n) is 5.70. The number of aromatic nitrogens is 2. The molecule has 0 aliphatic rings. The number of halogens is 2. The van der Waals surface area contributed by atoms with Crippen LogP contribution in [-0.2, 0) is 6.73 Å². The highest BCUT2D eigenvalue weighted by molar-refractivity contribution is 6.42. The van der Waals surface area contributed by atoms with Gasteiger partial charge in [-0.25, -0.2) is 4.68 Å². The Kier molecular flexibility index (Phi) is 8.22. The van der Waals surface area contributed by atoms with Crippen molar-refractivity contribution in [2.24, 2.45) is 0 Å². The lowest BCUT2D eigenvalue weighted by molar-refractivity contribution is 0.0945. The van der Waals surface area contributed by atoms with Crippen LogP contribution in [0.2, 0.25) is 10.0 Å². The second kappa shape index (κ2) is 10.4. The van der Waals surface area contributed by atoms with E-state index in [2.05, 4.69) is 29.2 Å². The first-order valence-corrected chi connectivity index (χ1v) is 9.41. The van der Waals surface area contributed by atoms with Crippen LogP contribution < -0.4 is 10.1 Å². The highest BCUT2D eigenvalue weighted by Crippen LogP contribution is 2.31. The minimum atomic E-state index is -0.191. The normalized spacial score (nSPS) is 11.0. The molecule has 26 heavy (non-hydrogen) atoms. The van der Waals surface area contributed by atoms with Crippen molar-refractivity contribution < 1.29 is 9.53 Å². The minimum absolute atomic E-state index is 0.134. The summed E-state index contributed by atoms with van der Waals surface area (Å²) in [6, 6.07) is 6.82. The maximum atomic E-state index is 12.1. The van der Waals surface area contributed by atoms with E-state index in [4.69, 9.17) is 27.9 Å². The number of amides is 1. The number of ether oxygens (including phenoxy) is 1. The summed E-state index contributed by atoms with van der Waals surface area (Å²) in [5, 5.41) is 7.88. The molecule has 1 N–H and O–H groups in total. The Morgan fingerprint density at radius 1 is 1.27 bits per heavy atom. The van der Waals surface area contributed by atoms with Crippen molar-refractivity contribution in [2.75, 3.05) is 26.2 Å². The fraction of sp³-hybridized carbons (Fsp3) is 0.444. The molecule has 2 rings (SSSR count). The van der Waals surface area contributed by atoms with Crippen molar-refractivity contribution in [2.45, 2.75) is 27.0 Å². The molecule has 0 spiro atoms. The van der Waals surface area contributed by atoms with Gasteiger partial charge < -0.3 is 15.0 Å². The van der Waals surface area contributed by atoms with Crippen LogP contribution in [0, 0.1) is 0 Å². The molecule has 0 atom stereocenters. The van der Waals surface area contributed by atoms with Crippen LogP contribution in [0.3, 0.4) is 0 Å². The molecule has 1 aromatic heterocycles. The number of hydrogen-bond donors (Lipinski definition) is 1. The summed E-state index contributed by atoms with van der Waals surface area (Å²) in [5.41, 5.74) is 0.355. The second-order valence-corrected chi connectivity index (χ2v) is 6.49. The molecule has 0 bridgehead atoms. The Balaban J connectivity index is 1.79. The first-order valence-electron chi connectivity index (χ1n) is 8.66. The van der Waals surface area contributed by atoms with Crippen LogP contribution in [-0.4, -0.2) is 46.8 Å². The van der Waals surface area contributed by atoms with Gasteiger partial charge in [0.1, 0.15) is 16.5 Å². The molecule has 0 radical (unpaired) electrons. The van der Waals surface area contributed by atoms with Crippen LogP contribution in [0.1, 0.15) is 30.8 Å². The van der Waals surface area contributed by atoms with Crippen molar-refractivity contribution >= 4 is 29.1 Å². The molecule has 1 heterocycles. The molecule has 142 valence electrons.